The maximum atomic E-state index is 5.42. The van der Waals surface area contributed by atoms with Crippen LogP contribution in [0.25, 0.3) is 5.95 Å². The summed E-state index contributed by atoms with van der Waals surface area (Å²) >= 11 is 0. The lowest BCUT2D eigenvalue weighted by Crippen LogP contribution is -2.27. The van der Waals surface area contributed by atoms with Crippen molar-refractivity contribution in [2.75, 3.05) is 10.7 Å². The summed E-state index contributed by atoms with van der Waals surface area (Å²) in [6.45, 7) is 6.49. The molecule has 0 radical (unpaired) electrons. The first kappa shape index (κ1) is 15.2. The van der Waals surface area contributed by atoms with Gasteiger partial charge in [-0.05, 0) is 18.9 Å². The number of anilines is 2. The van der Waals surface area contributed by atoms with Crippen LogP contribution in [0.2, 0.25) is 0 Å². The number of hydrazine groups is 1. The SMILES string of the molecule is CCC(CC)C(C)Nc1nc(NN)nc(-n2cccn2)n1. The van der Waals surface area contributed by atoms with Crippen LogP contribution in [0.4, 0.5) is 11.9 Å². The van der Waals surface area contributed by atoms with Crippen molar-refractivity contribution in [3.8, 4) is 5.95 Å². The van der Waals surface area contributed by atoms with Crippen molar-refractivity contribution < 1.29 is 0 Å². The lowest BCUT2D eigenvalue weighted by Gasteiger charge is -2.22. The molecular weight excluding hydrogens is 268 g/mol. The zero-order valence-electron chi connectivity index (χ0n) is 12.6. The van der Waals surface area contributed by atoms with Crippen molar-refractivity contribution in [1.82, 2.24) is 24.7 Å². The molecule has 1 unspecified atom stereocenters. The molecule has 0 saturated carbocycles. The molecular formula is C13H22N8. The molecule has 0 saturated heterocycles. The molecule has 0 aliphatic heterocycles. The Hall–Kier alpha value is -2.22. The Morgan fingerprint density at radius 2 is 1.90 bits per heavy atom. The van der Waals surface area contributed by atoms with E-state index in [0.717, 1.165) is 12.8 Å². The molecule has 114 valence electrons. The van der Waals surface area contributed by atoms with Crippen LogP contribution in [0, 0.1) is 5.92 Å². The van der Waals surface area contributed by atoms with Gasteiger partial charge in [-0.1, -0.05) is 26.7 Å². The number of nitrogens with one attached hydrogen (secondary N) is 2. The first-order valence-corrected chi connectivity index (χ1v) is 7.17. The van der Waals surface area contributed by atoms with Gasteiger partial charge in [0, 0.05) is 18.4 Å². The third kappa shape index (κ3) is 3.66. The molecule has 21 heavy (non-hydrogen) atoms. The smallest absolute Gasteiger partial charge is 0.257 e. The molecule has 0 aromatic carbocycles. The first-order chi connectivity index (χ1) is 10.2. The lowest BCUT2D eigenvalue weighted by molar-refractivity contribution is 0.436. The topological polar surface area (TPSA) is 107 Å². The van der Waals surface area contributed by atoms with Crippen LogP contribution in [-0.2, 0) is 0 Å². The molecule has 0 aliphatic carbocycles. The van der Waals surface area contributed by atoms with E-state index in [2.05, 4.69) is 51.6 Å². The van der Waals surface area contributed by atoms with Gasteiger partial charge in [0.05, 0.1) is 0 Å². The van der Waals surface area contributed by atoms with Gasteiger partial charge in [0.2, 0.25) is 11.9 Å². The van der Waals surface area contributed by atoms with Gasteiger partial charge in [0.15, 0.2) is 0 Å². The summed E-state index contributed by atoms with van der Waals surface area (Å²) in [6.07, 6.45) is 5.64. The highest BCUT2D eigenvalue weighted by molar-refractivity contribution is 5.37. The van der Waals surface area contributed by atoms with E-state index in [1.54, 1.807) is 23.1 Å². The summed E-state index contributed by atoms with van der Waals surface area (Å²) < 4.78 is 1.56. The number of hydrogen-bond acceptors (Lipinski definition) is 7. The van der Waals surface area contributed by atoms with E-state index in [0.29, 0.717) is 23.8 Å². The van der Waals surface area contributed by atoms with Crippen molar-refractivity contribution in [1.29, 1.82) is 0 Å². The van der Waals surface area contributed by atoms with Crippen LogP contribution < -0.4 is 16.6 Å². The molecule has 4 N–H and O–H groups in total. The summed E-state index contributed by atoms with van der Waals surface area (Å²) in [7, 11) is 0. The van der Waals surface area contributed by atoms with Gasteiger partial charge in [-0.2, -0.15) is 20.1 Å². The van der Waals surface area contributed by atoms with Crippen LogP contribution in [0.15, 0.2) is 18.5 Å². The Morgan fingerprint density at radius 3 is 2.48 bits per heavy atom. The minimum atomic E-state index is 0.262. The van der Waals surface area contributed by atoms with Crippen molar-refractivity contribution in [3.05, 3.63) is 18.5 Å². The second kappa shape index (κ2) is 6.98. The van der Waals surface area contributed by atoms with Crippen molar-refractivity contribution in [2.45, 2.75) is 39.7 Å². The maximum absolute atomic E-state index is 5.42. The zero-order valence-corrected chi connectivity index (χ0v) is 12.6. The van der Waals surface area contributed by atoms with E-state index in [-0.39, 0.29) is 6.04 Å². The Bertz CT molecular complexity index is 549. The summed E-state index contributed by atoms with van der Waals surface area (Å²) in [5.41, 5.74) is 2.46. The maximum Gasteiger partial charge on any atom is 0.257 e. The average molecular weight is 290 g/mol. The predicted octanol–water partition coefficient (Wildman–Crippen LogP) is 1.58. The fourth-order valence-corrected chi connectivity index (χ4v) is 2.30. The molecule has 2 aromatic rings. The monoisotopic (exact) mass is 290 g/mol. The van der Waals surface area contributed by atoms with Gasteiger partial charge in [0.1, 0.15) is 0 Å². The largest absolute Gasteiger partial charge is 0.351 e. The van der Waals surface area contributed by atoms with Gasteiger partial charge in [-0.15, -0.1) is 0 Å². The number of hydrogen-bond donors (Lipinski definition) is 3. The van der Waals surface area contributed by atoms with Gasteiger partial charge >= 0.3 is 0 Å². The third-order valence-electron chi connectivity index (χ3n) is 3.57. The van der Waals surface area contributed by atoms with Crippen LogP contribution in [0.3, 0.4) is 0 Å². The second-order valence-electron chi connectivity index (χ2n) is 4.89. The molecule has 8 nitrogen and oxygen atoms in total. The molecule has 0 aliphatic rings. The van der Waals surface area contributed by atoms with E-state index < -0.39 is 0 Å². The molecule has 0 amide bonds. The highest BCUT2D eigenvalue weighted by Crippen LogP contribution is 2.17. The first-order valence-electron chi connectivity index (χ1n) is 7.17. The number of nitrogen functional groups attached to an aromatic ring is 1. The Morgan fingerprint density at radius 1 is 1.19 bits per heavy atom. The van der Waals surface area contributed by atoms with E-state index >= 15 is 0 Å². The van der Waals surface area contributed by atoms with E-state index in [9.17, 15) is 0 Å². The van der Waals surface area contributed by atoms with E-state index in [4.69, 9.17) is 5.84 Å². The number of aromatic nitrogens is 5. The normalized spacial score (nSPS) is 12.4. The van der Waals surface area contributed by atoms with Gasteiger partial charge in [-0.25, -0.2) is 10.5 Å². The average Bonchev–Trinajstić information content (AvgIpc) is 3.02. The highest BCUT2D eigenvalue weighted by atomic mass is 15.4. The fraction of sp³-hybridized carbons (Fsp3) is 0.538. The minimum Gasteiger partial charge on any atom is -0.351 e. The van der Waals surface area contributed by atoms with Crippen LogP contribution in [-0.4, -0.2) is 30.8 Å². The van der Waals surface area contributed by atoms with Crippen LogP contribution >= 0.6 is 0 Å². The minimum absolute atomic E-state index is 0.262. The van der Waals surface area contributed by atoms with Crippen LogP contribution in [0.5, 0.6) is 0 Å². The van der Waals surface area contributed by atoms with E-state index in [1.807, 2.05) is 0 Å². The van der Waals surface area contributed by atoms with Gasteiger partial charge in [-0.3, -0.25) is 5.43 Å². The standard InChI is InChI=1S/C13H22N8/c1-4-10(5-2)9(3)16-11-17-12(20-14)19-13(18-11)21-8-6-7-15-21/h6-10H,4-5,14H2,1-3H3,(H2,16,17,18,19,20). The van der Waals surface area contributed by atoms with Crippen molar-refractivity contribution in [3.63, 3.8) is 0 Å². The zero-order chi connectivity index (χ0) is 15.2. The Labute approximate surface area is 124 Å². The molecule has 8 heteroatoms. The van der Waals surface area contributed by atoms with Crippen molar-refractivity contribution in [2.24, 2.45) is 11.8 Å². The van der Waals surface area contributed by atoms with Gasteiger partial charge < -0.3 is 5.32 Å². The van der Waals surface area contributed by atoms with Gasteiger partial charge in [0.25, 0.3) is 5.95 Å². The van der Waals surface area contributed by atoms with E-state index in [1.165, 1.54) is 0 Å². The van der Waals surface area contributed by atoms with Crippen molar-refractivity contribution >= 4 is 11.9 Å². The fourth-order valence-electron chi connectivity index (χ4n) is 2.30. The molecule has 1 atom stereocenters. The molecule has 2 aromatic heterocycles. The highest BCUT2D eigenvalue weighted by Gasteiger charge is 2.16. The third-order valence-corrected chi connectivity index (χ3v) is 3.57. The Balaban J connectivity index is 2.25. The number of nitrogens with zero attached hydrogens (tertiary/aromatic N) is 5. The quantitative estimate of drug-likeness (QED) is 0.525. The number of nitrogens with two attached hydrogens (primary N) is 1. The number of rotatable bonds is 7. The molecule has 0 spiro atoms. The molecule has 2 heterocycles. The summed E-state index contributed by atoms with van der Waals surface area (Å²) in [5, 5.41) is 7.44. The molecule has 0 fully saturated rings. The second-order valence-corrected chi connectivity index (χ2v) is 4.89. The molecule has 2 rings (SSSR count). The summed E-state index contributed by atoms with van der Waals surface area (Å²) in [4.78, 5) is 12.8. The Kier molecular flexibility index (Phi) is 5.04. The summed E-state index contributed by atoms with van der Waals surface area (Å²) in [5.74, 6) is 7.19. The lowest BCUT2D eigenvalue weighted by atomic mass is 9.96. The molecule has 0 bridgehead atoms. The summed E-state index contributed by atoms with van der Waals surface area (Å²) in [6, 6.07) is 2.07. The predicted molar refractivity (Wildman–Crippen MR) is 81.9 cm³/mol. The van der Waals surface area contributed by atoms with Crippen LogP contribution in [0.1, 0.15) is 33.6 Å².